The average Bonchev–Trinajstić information content (AvgIpc) is 3.39. The number of Topliss-reactive ketones (excluding diaryl/α,β-unsaturated/α-hetero) is 4. The molecule has 0 saturated carbocycles. The van der Waals surface area contributed by atoms with Crippen molar-refractivity contribution in [1.29, 1.82) is 0 Å². The average molecular weight is 525 g/mol. The highest BCUT2D eigenvalue weighted by molar-refractivity contribution is 6.40. The van der Waals surface area contributed by atoms with E-state index < -0.39 is 11.6 Å². The number of ketones is 5. The molecule has 4 aromatic rings. The van der Waals surface area contributed by atoms with E-state index in [0.29, 0.717) is 44.8 Å². The predicted octanol–water partition coefficient (Wildman–Crippen LogP) is 5.67. The molecule has 7 heteroatoms. The van der Waals surface area contributed by atoms with Crippen molar-refractivity contribution in [3.63, 3.8) is 0 Å². The number of fused-ring (bicyclic) bond motifs is 2. The molecule has 0 aliphatic heterocycles. The van der Waals surface area contributed by atoms with Crippen LogP contribution >= 0.6 is 0 Å². The Labute approximate surface area is 228 Å². The molecule has 4 aromatic carbocycles. The van der Waals surface area contributed by atoms with Crippen molar-refractivity contribution >= 4 is 40.3 Å². The van der Waals surface area contributed by atoms with Gasteiger partial charge in [0, 0.05) is 45.8 Å². The third kappa shape index (κ3) is 4.16. The molecule has 7 nitrogen and oxygen atoms in total. The van der Waals surface area contributed by atoms with E-state index >= 15 is 0 Å². The summed E-state index contributed by atoms with van der Waals surface area (Å²) in [6, 6.07) is 26.8. The van der Waals surface area contributed by atoms with Crippen molar-refractivity contribution < 1.29 is 24.0 Å². The first-order valence-corrected chi connectivity index (χ1v) is 12.5. The highest BCUT2D eigenvalue weighted by Crippen LogP contribution is 2.30. The molecule has 0 unspecified atom stereocenters. The van der Waals surface area contributed by atoms with Crippen molar-refractivity contribution in [1.82, 2.24) is 0 Å². The Hall–Kier alpha value is -5.69. The van der Waals surface area contributed by atoms with Crippen LogP contribution in [0.3, 0.4) is 0 Å². The zero-order valence-electron chi connectivity index (χ0n) is 20.9. The number of anilines is 2. The molecule has 0 bridgehead atoms. The van der Waals surface area contributed by atoms with Gasteiger partial charge in [-0.2, -0.15) is 0 Å². The molecule has 0 saturated heterocycles. The van der Waals surface area contributed by atoms with Crippen molar-refractivity contribution in [2.24, 2.45) is 0 Å². The SMILES string of the molecule is O=C(c1ccccc1)c1ccc(NC=C2C(=O)c3ccccc3C2=O)c(NC=C2C(=O)c3ccccc3C2=O)c1. The van der Waals surface area contributed by atoms with E-state index in [2.05, 4.69) is 10.6 Å². The van der Waals surface area contributed by atoms with Crippen LogP contribution in [0.2, 0.25) is 0 Å². The van der Waals surface area contributed by atoms with Gasteiger partial charge in [0.2, 0.25) is 0 Å². The van der Waals surface area contributed by atoms with Gasteiger partial charge in [-0.15, -0.1) is 0 Å². The van der Waals surface area contributed by atoms with Crippen LogP contribution in [0.5, 0.6) is 0 Å². The molecule has 0 radical (unpaired) electrons. The van der Waals surface area contributed by atoms with Crippen molar-refractivity contribution in [3.05, 3.63) is 154 Å². The maximum absolute atomic E-state index is 13.1. The normalized spacial score (nSPS) is 13.7. The number of allylic oxidation sites excluding steroid dienone is 2. The standard InChI is InChI=1S/C33H20N2O5/c36-29(19-8-2-1-3-9-19)20-14-15-27(34-17-25-30(37)21-10-4-5-11-22(21)31(25)38)28(16-20)35-18-26-32(39)23-12-6-7-13-24(23)33(26)40/h1-18,34-35H. The lowest BCUT2D eigenvalue weighted by Crippen LogP contribution is -2.08. The molecule has 0 heterocycles. The maximum atomic E-state index is 13.1. The summed E-state index contributed by atoms with van der Waals surface area (Å²) in [7, 11) is 0. The number of hydrogen-bond acceptors (Lipinski definition) is 7. The quantitative estimate of drug-likeness (QED) is 0.190. The molecular weight excluding hydrogens is 504 g/mol. The molecule has 2 aliphatic rings. The Balaban J connectivity index is 1.35. The first-order chi connectivity index (χ1) is 19.4. The second kappa shape index (κ2) is 9.89. The summed E-state index contributed by atoms with van der Waals surface area (Å²) < 4.78 is 0. The van der Waals surface area contributed by atoms with Crippen molar-refractivity contribution in [3.8, 4) is 0 Å². The van der Waals surface area contributed by atoms with E-state index in [1.807, 2.05) is 6.07 Å². The number of benzene rings is 4. The van der Waals surface area contributed by atoms with E-state index in [9.17, 15) is 24.0 Å². The number of carbonyl (C=O) groups excluding carboxylic acids is 5. The lowest BCUT2D eigenvalue weighted by atomic mass is 10.0. The monoisotopic (exact) mass is 524 g/mol. The van der Waals surface area contributed by atoms with Gasteiger partial charge in [-0.05, 0) is 18.2 Å². The Morgan fingerprint density at radius 2 is 0.900 bits per heavy atom. The van der Waals surface area contributed by atoms with Crippen LogP contribution in [0.1, 0.15) is 57.4 Å². The Morgan fingerprint density at radius 3 is 1.38 bits per heavy atom. The Morgan fingerprint density at radius 1 is 0.475 bits per heavy atom. The zero-order valence-corrected chi connectivity index (χ0v) is 20.9. The van der Waals surface area contributed by atoms with Crippen molar-refractivity contribution in [2.45, 2.75) is 0 Å². The summed E-state index contributed by atoms with van der Waals surface area (Å²) in [6.07, 6.45) is 2.65. The topological polar surface area (TPSA) is 109 Å². The summed E-state index contributed by atoms with van der Waals surface area (Å²) in [4.78, 5) is 64.5. The van der Waals surface area contributed by atoms with Gasteiger partial charge in [0.25, 0.3) is 0 Å². The molecule has 0 spiro atoms. The van der Waals surface area contributed by atoms with Crippen LogP contribution in [0.15, 0.2) is 121 Å². The van der Waals surface area contributed by atoms with Gasteiger partial charge in [-0.1, -0.05) is 78.9 Å². The van der Waals surface area contributed by atoms with Crippen LogP contribution in [0.25, 0.3) is 0 Å². The largest absolute Gasteiger partial charge is 0.359 e. The predicted molar refractivity (Wildman–Crippen MR) is 150 cm³/mol. The van der Waals surface area contributed by atoms with E-state index in [-0.39, 0.29) is 28.5 Å². The fraction of sp³-hybridized carbons (Fsp3) is 0. The van der Waals surface area contributed by atoms with Gasteiger partial charge in [-0.25, -0.2) is 0 Å². The van der Waals surface area contributed by atoms with Gasteiger partial charge in [0.1, 0.15) is 0 Å². The number of rotatable bonds is 6. The first-order valence-electron chi connectivity index (χ1n) is 12.5. The molecule has 0 atom stereocenters. The third-order valence-corrected chi connectivity index (χ3v) is 6.87. The second-order valence-electron chi connectivity index (χ2n) is 9.27. The molecule has 40 heavy (non-hydrogen) atoms. The molecule has 0 aromatic heterocycles. The first kappa shape index (κ1) is 24.6. The van der Waals surface area contributed by atoms with Crippen molar-refractivity contribution in [2.75, 3.05) is 10.6 Å². The number of hydrogen-bond donors (Lipinski definition) is 2. The molecule has 192 valence electrons. The van der Waals surface area contributed by atoms with E-state index in [0.717, 1.165) is 0 Å². The molecule has 0 fully saturated rings. The molecule has 6 rings (SSSR count). The smallest absolute Gasteiger partial charge is 0.199 e. The minimum atomic E-state index is -0.402. The lowest BCUT2D eigenvalue weighted by Gasteiger charge is -2.12. The molecule has 2 N–H and O–H groups in total. The number of nitrogens with one attached hydrogen (secondary N) is 2. The van der Waals surface area contributed by atoms with E-state index in [1.54, 1.807) is 91.0 Å². The summed E-state index contributed by atoms with van der Waals surface area (Å²) in [5.41, 5.74) is 2.90. The highest BCUT2D eigenvalue weighted by atomic mass is 16.2. The van der Waals surface area contributed by atoms with Gasteiger partial charge in [0.15, 0.2) is 28.9 Å². The third-order valence-electron chi connectivity index (χ3n) is 6.87. The van der Waals surface area contributed by atoms with Gasteiger partial charge >= 0.3 is 0 Å². The molecule has 2 aliphatic carbocycles. The Kier molecular flexibility index (Phi) is 6.09. The van der Waals surface area contributed by atoms with Gasteiger partial charge < -0.3 is 10.6 Å². The van der Waals surface area contributed by atoms with Crippen LogP contribution in [-0.4, -0.2) is 28.9 Å². The van der Waals surface area contributed by atoms with E-state index in [4.69, 9.17) is 0 Å². The van der Waals surface area contributed by atoms with Crippen LogP contribution in [0, 0.1) is 0 Å². The van der Waals surface area contributed by atoms with Gasteiger partial charge in [-0.3, -0.25) is 24.0 Å². The summed E-state index contributed by atoms with van der Waals surface area (Å²) in [5, 5.41) is 5.99. The maximum Gasteiger partial charge on any atom is 0.199 e. The minimum absolute atomic E-state index is 0.0217. The summed E-state index contributed by atoms with van der Waals surface area (Å²) in [6.45, 7) is 0. The number of carbonyl (C=O) groups is 5. The zero-order chi connectivity index (χ0) is 27.8. The molecule has 0 amide bonds. The second-order valence-corrected chi connectivity index (χ2v) is 9.27. The molecular formula is C33H20N2O5. The van der Waals surface area contributed by atoms with E-state index in [1.165, 1.54) is 12.4 Å². The van der Waals surface area contributed by atoms with Crippen LogP contribution in [-0.2, 0) is 0 Å². The summed E-state index contributed by atoms with van der Waals surface area (Å²) >= 11 is 0. The lowest BCUT2D eigenvalue weighted by molar-refractivity contribution is 0.0973. The fourth-order valence-electron chi connectivity index (χ4n) is 4.79. The van der Waals surface area contributed by atoms with Crippen LogP contribution < -0.4 is 10.6 Å². The van der Waals surface area contributed by atoms with Crippen LogP contribution in [0.4, 0.5) is 11.4 Å². The fourth-order valence-corrected chi connectivity index (χ4v) is 4.79. The minimum Gasteiger partial charge on any atom is -0.359 e. The Bertz CT molecular complexity index is 1760. The van der Waals surface area contributed by atoms with Gasteiger partial charge in [0.05, 0.1) is 22.5 Å². The highest BCUT2D eigenvalue weighted by Gasteiger charge is 2.33. The summed E-state index contributed by atoms with van der Waals surface area (Å²) in [5.74, 6) is -1.80.